The highest BCUT2D eigenvalue weighted by molar-refractivity contribution is 7.91. The average molecular weight is 358 g/mol. The van der Waals surface area contributed by atoms with E-state index in [1.807, 2.05) is 13.0 Å². The number of benzene rings is 2. The minimum Gasteiger partial charge on any atom is -0.494 e. The fraction of sp³-hybridized carbons (Fsp3) is 0.222. The Labute approximate surface area is 147 Å². The van der Waals surface area contributed by atoms with Crippen LogP contribution in [0.5, 0.6) is 5.75 Å². The second-order valence-corrected chi connectivity index (χ2v) is 7.41. The van der Waals surface area contributed by atoms with Gasteiger partial charge in [-0.25, -0.2) is 8.42 Å². The predicted octanol–water partition coefficient (Wildman–Crippen LogP) is 2.51. The van der Waals surface area contributed by atoms with Crippen molar-refractivity contribution >= 4 is 21.4 Å². The minimum atomic E-state index is -3.64. The molecule has 2 aromatic rings. The molecule has 0 aliphatic rings. The Morgan fingerprint density at radius 3 is 2.56 bits per heavy atom. The predicted molar refractivity (Wildman–Crippen MR) is 94.9 cm³/mol. The Balaban J connectivity index is 1.97. The van der Waals surface area contributed by atoms with E-state index >= 15 is 0 Å². The van der Waals surface area contributed by atoms with Crippen LogP contribution >= 0.6 is 0 Å². The second kappa shape index (κ2) is 8.31. The Kier molecular flexibility index (Phi) is 6.14. The fourth-order valence-electron chi connectivity index (χ4n) is 2.23. The van der Waals surface area contributed by atoms with Gasteiger partial charge in [-0.05, 0) is 48.9 Å². The van der Waals surface area contributed by atoms with Crippen LogP contribution in [0.2, 0.25) is 0 Å². The molecular weight excluding hydrogens is 340 g/mol. The number of ether oxygens (including phenoxy) is 1. The maximum absolute atomic E-state index is 12.2. The first-order chi connectivity index (χ1) is 11.9. The van der Waals surface area contributed by atoms with Crippen LogP contribution in [0.4, 0.5) is 5.69 Å². The van der Waals surface area contributed by atoms with E-state index in [4.69, 9.17) is 10.00 Å². The summed E-state index contributed by atoms with van der Waals surface area (Å²) in [5, 5.41) is 11.4. The van der Waals surface area contributed by atoms with Crippen molar-refractivity contribution < 1.29 is 17.9 Å². The van der Waals surface area contributed by atoms with Crippen molar-refractivity contribution in [2.45, 2.75) is 12.7 Å². The summed E-state index contributed by atoms with van der Waals surface area (Å²) in [6.07, 6.45) is 0. The van der Waals surface area contributed by atoms with Crippen molar-refractivity contribution in [1.82, 2.24) is 0 Å². The third-order valence-electron chi connectivity index (χ3n) is 3.24. The summed E-state index contributed by atoms with van der Waals surface area (Å²) in [6.45, 7) is 2.41. The van der Waals surface area contributed by atoms with Crippen LogP contribution in [0.15, 0.2) is 48.5 Å². The Morgan fingerprint density at radius 2 is 1.92 bits per heavy atom. The van der Waals surface area contributed by atoms with Crippen molar-refractivity contribution in [3.05, 3.63) is 59.7 Å². The SMILES string of the molecule is CCOc1ccc(NC(=O)CS(=O)(=O)Cc2cccc(C#N)c2)cc1. The van der Waals surface area contributed by atoms with Gasteiger partial charge in [0.25, 0.3) is 0 Å². The van der Waals surface area contributed by atoms with Crippen LogP contribution in [-0.4, -0.2) is 26.7 Å². The van der Waals surface area contributed by atoms with Crippen molar-refractivity contribution in [1.29, 1.82) is 5.26 Å². The standard InChI is InChI=1S/C18H18N2O4S/c1-2-24-17-8-6-16(7-9-17)20-18(21)13-25(22,23)12-15-5-3-4-14(10-15)11-19/h3-10H,2,12-13H2,1H3,(H,20,21). The van der Waals surface area contributed by atoms with Gasteiger partial charge in [0.1, 0.15) is 11.5 Å². The summed E-state index contributed by atoms with van der Waals surface area (Å²) in [5.41, 5.74) is 1.36. The zero-order valence-electron chi connectivity index (χ0n) is 13.7. The molecule has 0 spiro atoms. The lowest BCUT2D eigenvalue weighted by molar-refractivity contribution is -0.113. The lowest BCUT2D eigenvalue weighted by atomic mass is 10.2. The number of carbonyl (C=O) groups excluding carboxylic acids is 1. The molecule has 2 aromatic carbocycles. The van der Waals surface area contributed by atoms with Crippen LogP contribution in [0.1, 0.15) is 18.1 Å². The molecule has 130 valence electrons. The molecule has 0 fully saturated rings. The van der Waals surface area contributed by atoms with Gasteiger partial charge in [-0.2, -0.15) is 5.26 Å². The number of nitriles is 1. The van der Waals surface area contributed by atoms with E-state index < -0.39 is 21.5 Å². The summed E-state index contributed by atoms with van der Waals surface area (Å²) in [4.78, 5) is 12.0. The highest BCUT2D eigenvalue weighted by atomic mass is 32.2. The summed E-state index contributed by atoms with van der Waals surface area (Å²) < 4.78 is 29.7. The number of hydrogen-bond donors (Lipinski definition) is 1. The molecule has 1 N–H and O–H groups in total. The van der Waals surface area contributed by atoms with E-state index in [1.165, 1.54) is 6.07 Å². The van der Waals surface area contributed by atoms with E-state index in [1.54, 1.807) is 42.5 Å². The van der Waals surface area contributed by atoms with E-state index in [2.05, 4.69) is 5.32 Å². The van der Waals surface area contributed by atoms with Crippen molar-refractivity contribution in [3.8, 4) is 11.8 Å². The number of nitrogens with zero attached hydrogens (tertiary/aromatic N) is 1. The van der Waals surface area contributed by atoms with Gasteiger partial charge in [-0.15, -0.1) is 0 Å². The lowest BCUT2D eigenvalue weighted by Gasteiger charge is -2.08. The molecule has 0 saturated carbocycles. The molecular formula is C18H18N2O4S. The van der Waals surface area contributed by atoms with E-state index in [0.29, 0.717) is 29.2 Å². The topological polar surface area (TPSA) is 96.3 Å². The summed E-state index contributed by atoms with van der Waals surface area (Å²) in [5.74, 6) is -0.859. The quantitative estimate of drug-likeness (QED) is 0.820. The van der Waals surface area contributed by atoms with Crippen LogP contribution in [0.25, 0.3) is 0 Å². The van der Waals surface area contributed by atoms with Gasteiger partial charge < -0.3 is 10.1 Å². The molecule has 0 aliphatic heterocycles. The first kappa shape index (κ1) is 18.5. The molecule has 0 radical (unpaired) electrons. The summed E-state index contributed by atoms with van der Waals surface area (Å²) in [7, 11) is -3.64. The molecule has 0 atom stereocenters. The van der Waals surface area contributed by atoms with Crippen molar-refractivity contribution in [2.75, 3.05) is 17.7 Å². The van der Waals surface area contributed by atoms with Crippen LogP contribution < -0.4 is 10.1 Å². The molecule has 25 heavy (non-hydrogen) atoms. The van der Waals surface area contributed by atoms with Crippen molar-refractivity contribution in [2.24, 2.45) is 0 Å². The van der Waals surface area contributed by atoms with Gasteiger partial charge in [0.05, 0.1) is 24.0 Å². The Hall–Kier alpha value is -2.85. The highest BCUT2D eigenvalue weighted by Gasteiger charge is 2.18. The van der Waals surface area contributed by atoms with Crippen molar-refractivity contribution in [3.63, 3.8) is 0 Å². The molecule has 1 amide bonds. The lowest BCUT2D eigenvalue weighted by Crippen LogP contribution is -2.23. The van der Waals surface area contributed by atoms with Gasteiger partial charge in [-0.1, -0.05) is 12.1 Å². The number of nitrogens with one attached hydrogen (secondary N) is 1. The number of carbonyl (C=O) groups is 1. The molecule has 6 nitrogen and oxygen atoms in total. The monoisotopic (exact) mass is 358 g/mol. The van der Waals surface area contributed by atoms with Gasteiger partial charge in [0, 0.05) is 5.69 Å². The molecule has 0 heterocycles. The normalized spacial score (nSPS) is 10.7. The van der Waals surface area contributed by atoms with Gasteiger partial charge in [0.2, 0.25) is 5.91 Å². The molecule has 2 rings (SSSR count). The molecule has 0 bridgehead atoms. The highest BCUT2D eigenvalue weighted by Crippen LogP contribution is 2.16. The number of anilines is 1. The average Bonchev–Trinajstić information content (AvgIpc) is 2.56. The number of sulfone groups is 1. The zero-order valence-corrected chi connectivity index (χ0v) is 14.5. The minimum absolute atomic E-state index is 0.292. The molecule has 0 unspecified atom stereocenters. The molecule has 0 aliphatic carbocycles. The first-order valence-electron chi connectivity index (χ1n) is 7.64. The van der Waals surface area contributed by atoms with Gasteiger partial charge in [-0.3, -0.25) is 4.79 Å². The fourth-order valence-corrected chi connectivity index (χ4v) is 3.49. The molecule has 7 heteroatoms. The second-order valence-electron chi connectivity index (χ2n) is 5.35. The third-order valence-corrected chi connectivity index (χ3v) is 4.72. The summed E-state index contributed by atoms with van der Waals surface area (Å²) in [6, 6.07) is 15.0. The van der Waals surface area contributed by atoms with Gasteiger partial charge in [0.15, 0.2) is 9.84 Å². The summed E-state index contributed by atoms with van der Waals surface area (Å²) >= 11 is 0. The molecule has 0 saturated heterocycles. The third kappa shape index (κ3) is 5.94. The zero-order chi connectivity index (χ0) is 18.3. The van der Waals surface area contributed by atoms with Gasteiger partial charge >= 0.3 is 0 Å². The van der Waals surface area contributed by atoms with Crippen LogP contribution in [0.3, 0.4) is 0 Å². The van der Waals surface area contributed by atoms with E-state index in [9.17, 15) is 13.2 Å². The smallest absolute Gasteiger partial charge is 0.239 e. The van der Waals surface area contributed by atoms with Crippen LogP contribution in [-0.2, 0) is 20.4 Å². The van der Waals surface area contributed by atoms with E-state index in [0.717, 1.165) is 0 Å². The number of amides is 1. The largest absolute Gasteiger partial charge is 0.494 e. The number of rotatable bonds is 7. The Bertz CT molecular complexity index is 884. The maximum atomic E-state index is 12.2. The van der Waals surface area contributed by atoms with E-state index in [-0.39, 0.29) is 5.75 Å². The van der Waals surface area contributed by atoms with Crippen LogP contribution in [0, 0.1) is 11.3 Å². The first-order valence-corrected chi connectivity index (χ1v) is 9.46. The maximum Gasteiger partial charge on any atom is 0.239 e. The molecule has 0 aromatic heterocycles. The Morgan fingerprint density at radius 1 is 1.20 bits per heavy atom. The number of hydrogen-bond acceptors (Lipinski definition) is 5.